The fourth-order valence-electron chi connectivity index (χ4n) is 1.96. The molecule has 2 rings (SSSR count). The van der Waals surface area contributed by atoms with Crippen molar-refractivity contribution in [1.29, 1.82) is 0 Å². The minimum Gasteiger partial charge on any atom is -0.395 e. The van der Waals surface area contributed by atoms with Gasteiger partial charge in [-0.1, -0.05) is 11.6 Å². The number of aryl methyl sites for hydroxylation is 1. The predicted molar refractivity (Wildman–Crippen MR) is 69.5 cm³/mol. The second-order valence-corrected chi connectivity index (χ2v) is 4.23. The van der Waals surface area contributed by atoms with Crippen LogP contribution in [0.4, 0.5) is 0 Å². The quantitative estimate of drug-likeness (QED) is 0.856. The highest BCUT2D eigenvalue weighted by Gasteiger charge is 2.19. The molecule has 1 amide bonds. The predicted octanol–water partition coefficient (Wildman–Crippen LogP) is 1.33. The summed E-state index contributed by atoms with van der Waals surface area (Å²) in [5.74, 6) is -0.150. The average molecular weight is 247 g/mol. The zero-order valence-corrected chi connectivity index (χ0v) is 10.6. The highest BCUT2D eigenvalue weighted by atomic mass is 16.3. The lowest BCUT2D eigenvalue weighted by molar-refractivity contribution is 0.0728. The van der Waals surface area contributed by atoms with Gasteiger partial charge < -0.3 is 10.0 Å². The van der Waals surface area contributed by atoms with E-state index < -0.39 is 0 Å². The van der Waals surface area contributed by atoms with E-state index in [9.17, 15) is 4.79 Å². The highest BCUT2D eigenvalue weighted by Crippen LogP contribution is 2.18. The number of nitrogens with one attached hydrogen (secondary N) is 1. The number of nitrogens with zero attached hydrogens (tertiary/aromatic N) is 2. The number of aliphatic hydroxyl groups excluding tert-OH is 1. The number of fused-ring (bicyclic) bond motifs is 1. The van der Waals surface area contributed by atoms with Crippen molar-refractivity contribution in [3.63, 3.8) is 0 Å². The molecule has 0 aliphatic heterocycles. The van der Waals surface area contributed by atoms with Gasteiger partial charge in [0.15, 0.2) is 5.69 Å². The van der Waals surface area contributed by atoms with Gasteiger partial charge in [0.1, 0.15) is 0 Å². The van der Waals surface area contributed by atoms with Crippen molar-refractivity contribution in [2.24, 2.45) is 0 Å². The monoisotopic (exact) mass is 247 g/mol. The summed E-state index contributed by atoms with van der Waals surface area (Å²) in [6.45, 7) is 4.70. The van der Waals surface area contributed by atoms with Crippen molar-refractivity contribution in [3.05, 3.63) is 29.5 Å². The van der Waals surface area contributed by atoms with E-state index in [-0.39, 0.29) is 12.5 Å². The van der Waals surface area contributed by atoms with Crippen LogP contribution in [0.5, 0.6) is 0 Å². The molecule has 5 nitrogen and oxygen atoms in total. The molecule has 0 bridgehead atoms. The Kier molecular flexibility index (Phi) is 3.62. The van der Waals surface area contributed by atoms with Crippen LogP contribution >= 0.6 is 0 Å². The standard InChI is InChI=1S/C13H17N3O2/c1-3-16(6-7-17)13(18)12-10-8-9(2)4-5-11(10)14-15-12/h4-5,8,17H,3,6-7H2,1-2H3,(H,14,15). The molecular weight excluding hydrogens is 230 g/mol. The molecule has 1 heterocycles. The van der Waals surface area contributed by atoms with Crippen LogP contribution in [-0.2, 0) is 0 Å². The van der Waals surface area contributed by atoms with Crippen LogP contribution in [0.15, 0.2) is 18.2 Å². The number of hydrogen-bond acceptors (Lipinski definition) is 3. The number of aromatic nitrogens is 2. The van der Waals surface area contributed by atoms with Crippen LogP contribution in [0, 0.1) is 6.92 Å². The molecule has 1 aromatic carbocycles. The van der Waals surface area contributed by atoms with Gasteiger partial charge in [-0.2, -0.15) is 5.10 Å². The van der Waals surface area contributed by atoms with Crippen molar-refractivity contribution in [3.8, 4) is 0 Å². The van der Waals surface area contributed by atoms with Gasteiger partial charge in [-0.15, -0.1) is 0 Å². The molecule has 0 radical (unpaired) electrons. The first-order valence-corrected chi connectivity index (χ1v) is 6.02. The van der Waals surface area contributed by atoms with Crippen molar-refractivity contribution in [2.75, 3.05) is 19.7 Å². The molecule has 2 N–H and O–H groups in total. The van der Waals surface area contributed by atoms with Crippen LogP contribution < -0.4 is 0 Å². The van der Waals surface area contributed by atoms with Crippen LogP contribution in [-0.4, -0.2) is 45.8 Å². The van der Waals surface area contributed by atoms with E-state index in [1.165, 1.54) is 0 Å². The Bertz CT molecular complexity index is 562. The largest absolute Gasteiger partial charge is 0.395 e. The molecule has 0 saturated carbocycles. The number of aliphatic hydroxyl groups is 1. The van der Waals surface area contributed by atoms with Gasteiger partial charge in [0.2, 0.25) is 0 Å². The van der Waals surface area contributed by atoms with E-state index >= 15 is 0 Å². The molecule has 0 aliphatic rings. The van der Waals surface area contributed by atoms with Gasteiger partial charge in [0.25, 0.3) is 5.91 Å². The van der Waals surface area contributed by atoms with E-state index in [4.69, 9.17) is 5.11 Å². The summed E-state index contributed by atoms with van der Waals surface area (Å²) in [6, 6.07) is 5.83. The number of aromatic amines is 1. The molecule has 0 atom stereocenters. The minimum atomic E-state index is -0.150. The Hall–Kier alpha value is -1.88. The fraction of sp³-hybridized carbons (Fsp3) is 0.385. The van der Waals surface area contributed by atoms with Gasteiger partial charge in [-0.05, 0) is 26.0 Å². The topological polar surface area (TPSA) is 69.2 Å². The number of carbonyl (C=O) groups excluding carboxylic acids is 1. The number of hydrogen-bond donors (Lipinski definition) is 2. The number of benzene rings is 1. The van der Waals surface area contributed by atoms with Crippen molar-refractivity contribution in [2.45, 2.75) is 13.8 Å². The number of likely N-dealkylation sites (N-methyl/N-ethyl adjacent to an activating group) is 1. The normalized spacial score (nSPS) is 10.8. The lowest BCUT2D eigenvalue weighted by Gasteiger charge is -2.18. The highest BCUT2D eigenvalue weighted by molar-refractivity contribution is 6.04. The van der Waals surface area contributed by atoms with E-state index in [0.29, 0.717) is 18.8 Å². The maximum absolute atomic E-state index is 12.3. The molecule has 0 unspecified atom stereocenters. The molecular formula is C13H17N3O2. The average Bonchev–Trinajstić information content (AvgIpc) is 2.78. The molecule has 0 saturated heterocycles. The van der Waals surface area contributed by atoms with E-state index in [2.05, 4.69) is 10.2 Å². The van der Waals surface area contributed by atoms with Crippen LogP contribution in [0.2, 0.25) is 0 Å². The van der Waals surface area contributed by atoms with Gasteiger partial charge in [-0.25, -0.2) is 0 Å². The SMILES string of the molecule is CCN(CCO)C(=O)c1n[nH]c2ccc(C)cc12. The first-order valence-electron chi connectivity index (χ1n) is 6.02. The first kappa shape index (κ1) is 12.6. The second kappa shape index (κ2) is 5.18. The molecule has 1 aromatic heterocycles. The molecule has 96 valence electrons. The van der Waals surface area contributed by atoms with Crippen molar-refractivity contribution < 1.29 is 9.90 Å². The van der Waals surface area contributed by atoms with Crippen LogP contribution in [0.3, 0.4) is 0 Å². The van der Waals surface area contributed by atoms with Crippen molar-refractivity contribution in [1.82, 2.24) is 15.1 Å². The third-order valence-electron chi connectivity index (χ3n) is 2.96. The first-order chi connectivity index (χ1) is 8.67. The molecule has 2 aromatic rings. The summed E-state index contributed by atoms with van der Waals surface area (Å²) in [5, 5.41) is 16.7. The van der Waals surface area contributed by atoms with E-state index in [1.807, 2.05) is 32.0 Å². The maximum Gasteiger partial charge on any atom is 0.275 e. The Morgan fingerprint density at radius 2 is 2.28 bits per heavy atom. The summed E-state index contributed by atoms with van der Waals surface area (Å²) in [6.07, 6.45) is 0. The Labute approximate surface area is 105 Å². The van der Waals surface area contributed by atoms with Gasteiger partial charge in [0.05, 0.1) is 12.1 Å². The van der Waals surface area contributed by atoms with Crippen LogP contribution in [0.1, 0.15) is 23.0 Å². The Morgan fingerprint density at radius 3 is 2.94 bits per heavy atom. The molecule has 0 fully saturated rings. The van der Waals surface area contributed by atoms with Crippen LogP contribution in [0.25, 0.3) is 10.9 Å². The summed E-state index contributed by atoms with van der Waals surface area (Å²) < 4.78 is 0. The number of rotatable bonds is 4. The third-order valence-corrected chi connectivity index (χ3v) is 2.96. The Morgan fingerprint density at radius 1 is 1.50 bits per heavy atom. The lowest BCUT2D eigenvalue weighted by Crippen LogP contribution is -2.33. The number of amides is 1. The zero-order valence-electron chi connectivity index (χ0n) is 10.6. The third kappa shape index (κ3) is 2.22. The van der Waals surface area contributed by atoms with Gasteiger partial charge in [0, 0.05) is 18.5 Å². The van der Waals surface area contributed by atoms with Gasteiger partial charge in [-0.3, -0.25) is 9.89 Å². The molecule has 0 aliphatic carbocycles. The zero-order chi connectivity index (χ0) is 13.1. The van der Waals surface area contributed by atoms with Crippen molar-refractivity contribution >= 4 is 16.8 Å². The summed E-state index contributed by atoms with van der Waals surface area (Å²) in [4.78, 5) is 13.9. The summed E-state index contributed by atoms with van der Waals surface area (Å²) in [7, 11) is 0. The lowest BCUT2D eigenvalue weighted by atomic mass is 10.1. The molecule has 18 heavy (non-hydrogen) atoms. The second-order valence-electron chi connectivity index (χ2n) is 4.23. The number of H-pyrrole nitrogens is 1. The van der Waals surface area contributed by atoms with E-state index in [0.717, 1.165) is 16.5 Å². The van der Waals surface area contributed by atoms with Gasteiger partial charge >= 0.3 is 0 Å². The summed E-state index contributed by atoms with van der Waals surface area (Å²) >= 11 is 0. The maximum atomic E-state index is 12.3. The minimum absolute atomic E-state index is 0.0407. The Balaban J connectivity index is 2.41. The summed E-state index contributed by atoms with van der Waals surface area (Å²) in [5.41, 5.74) is 2.36. The van der Waals surface area contributed by atoms with E-state index in [1.54, 1.807) is 4.90 Å². The molecule has 5 heteroatoms. The number of carbonyl (C=O) groups is 1. The smallest absolute Gasteiger partial charge is 0.275 e. The molecule has 0 spiro atoms. The fourth-order valence-corrected chi connectivity index (χ4v) is 1.96.